The molecule has 2 nitrogen and oxygen atoms in total. The molecule has 1 N–H and O–H groups in total. The van der Waals surface area contributed by atoms with Crippen molar-refractivity contribution in [3.8, 4) is 0 Å². The molecule has 3 heteroatoms. The molecular weight excluding hydrogens is 289 g/mol. The lowest BCUT2D eigenvalue weighted by atomic mass is 10.2. The number of hydrogen-bond donors (Lipinski definition) is 1. The van der Waals surface area contributed by atoms with Gasteiger partial charge in [-0.05, 0) is 53.3 Å². The highest BCUT2D eigenvalue weighted by Gasteiger charge is 2.14. The summed E-state index contributed by atoms with van der Waals surface area (Å²) in [4.78, 5) is 0. The van der Waals surface area contributed by atoms with Gasteiger partial charge in [0.25, 0.3) is 0 Å². The molecule has 0 aromatic heterocycles. The molecule has 76 valence electrons. The van der Waals surface area contributed by atoms with E-state index in [1.807, 2.05) is 0 Å². The minimum atomic E-state index is 0.411. The Kier molecular flexibility index (Phi) is 3.78. The van der Waals surface area contributed by atoms with E-state index >= 15 is 0 Å². The lowest BCUT2D eigenvalue weighted by Crippen LogP contribution is -2.16. The van der Waals surface area contributed by atoms with Crippen molar-refractivity contribution < 1.29 is 4.74 Å². The van der Waals surface area contributed by atoms with Crippen molar-refractivity contribution >= 4 is 22.6 Å². The second-order valence-corrected chi connectivity index (χ2v) is 4.80. The Bertz CT molecular complexity index is 280. The van der Waals surface area contributed by atoms with Gasteiger partial charge in [0, 0.05) is 10.1 Å². The van der Waals surface area contributed by atoms with Crippen molar-refractivity contribution in [2.24, 2.45) is 0 Å². The molecule has 0 bridgehead atoms. The Labute approximate surface area is 98.2 Å². The fourth-order valence-electron chi connectivity index (χ4n) is 1.57. The number of benzene rings is 1. The zero-order chi connectivity index (χ0) is 9.80. The van der Waals surface area contributed by atoms with Crippen LogP contribution in [0.15, 0.2) is 24.3 Å². The molecule has 1 saturated heterocycles. The van der Waals surface area contributed by atoms with Gasteiger partial charge in [-0.15, -0.1) is 0 Å². The molecule has 1 heterocycles. The maximum Gasteiger partial charge on any atom is 0.0721 e. The highest BCUT2D eigenvalue weighted by Crippen LogP contribution is 2.10. The van der Waals surface area contributed by atoms with Crippen molar-refractivity contribution in [1.29, 1.82) is 0 Å². The Hall–Kier alpha value is -0.130. The average molecular weight is 303 g/mol. The number of rotatable bonds is 3. The van der Waals surface area contributed by atoms with Crippen LogP contribution in [0.25, 0.3) is 0 Å². The standard InChI is InChI=1S/C11H14INO/c12-10-3-1-9(2-4-10)8-14-11-5-6-13-7-11/h1-4,11,13H,5-8H2/t11-/m0/s1. The Morgan fingerprint density at radius 2 is 2.14 bits per heavy atom. The summed E-state index contributed by atoms with van der Waals surface area (Å²) in [5.74, 6) is 0. The summed E-state index contributed by atoms with van der Waals surface area (Å²) in [7, 11) is 0. The molecule has 1 aliphatic heterocycles. The zero-order valence-corrected chi connectivity index (χ0v) is 10.2. The summed E-state index contributed by atoms with van der Waals surface area (Å²) in [6.45, 7) is 2.84. The highest BCUT2D eigenvalue weighted by atomic mass is 127. The number of hydrogen-bond acceptors (Lipinski definition) is 2. The number of nitrogens with one attached hydrogen (secondary N) is 1. The van der Waals surface area contributed by atoms with Gasteiger partial charge < -0.3 is 10.1 Å². The summed E-state index contributed by atoms with van der Waals surface area (Å²) < 4.78 is 7.04. The summed E-state index contributed by atoms with van der Waals surface area (Å²) >= 11 is 2.31. The van der Waals surface area contributed by atoms with E-state index in [4.69, 9.17) is 4.74 Å². The lowest BCUT2D eigenvalue weighted by molar-refractivity contribution is 0.0542. The first kappa shape index (κ1) is 10.4. The molecule has 1 fully saturated rings. The SMILES string of the molecule is Ic1ccc(CO[C@H]2CCNC2)cc1. The minimum absolute atomic E-state index is 0.411. The minimum Gasteiger partial charge on any atom is -0.372 e. The number of ether oxygens (including phenoxy) is 1. The lowest BCUT2D eigenvalue weighted by Gasteiger charge is -2.10. The van der Waals surface area contributed by atoms with E-state index in [-0.39, 0.29) is 0 Å². The molecule has 14 heavy (non-hydrogen) atoms. The van der Waals surface area contributed by atoms with Crippen LogP contribution in [0.1, 0.15) is 12.0 Å². The second kappa shape index (κ2) is 5.09. The Morgan fingerprint density at radius 3 is 2.79 bits per heavy atom. The molecule has 1 aliphatic rings. The molecule has 0 unspecified atom stereocenters. The summed E-state index contributed by atoms with van der Waals surface area (Å²) in [6, 6.07) is 8.49. The predicted molar refractivity (Wildman–Crippen MR) is 65.2 cm³/mol. The monoisotopic (exact) mass is 303 g/mol. The van der Waals surface area contributed by atoms with E-state index in [1.165, 1.54) is 9.13 Å². The molecule has 1 aromatic rings. The predicted octanol–water partition coefficient (Wildman–Crippen LogP) is 2.17. The van der Waals surface area contributed by atoms with Gasteiger partial charge in [0.15, 0.2) is 0 Å². The largest absolute Gasteiger partial charge is 0.372 e. The van der Waals surface area contributed by atoms with Crippen LogP contribution in [0.3, 0.4) is 0 Å². The Balaban J connectivity index is 1.82. The van der Waals surface area contributed by atoms with Crippen molar-refractivity contribution in [3.05, 3.63) is 33.4 Å². The fraction of sp³-hybridized carbons (Fsp3) is 0.455. The van der Waals surface area contributed by atoms with E-state index in [9.17, 15) is 0 Å². The van der Waals surface area contributed by atoms with Gasteiger partial charge in [-0.25, -0.2) is 0 Å². The maximum absolute atomic E-state index is 5.76. The Morgan fingerprint density at radius 1 is 1.36 bits per heavy atom. The van der Waals surface area contributed by atoms with E-state index < -0.39 is 0 Å². The normalized spacial score (nSPS) is 21.4. The second-order valence-electron chi connectivity index (χ2n) is 3.55. The van der Waals surface area contributed by atoms with Crippen LogP contribution in [0.4, 0.5) is 0 Å². The molecular formula is C11H14INO. The third-order valence-electron chi connectivity index (χ3n) is 2.41. The van der Waals surface area contributed by atoms with E-state index in [1.54, 1.807) is 0 Å². The van der Waals surface area contributed by atoms with Gasteiger partial charge in [-0.3, -0.25) is 0 Å². The third-order valence-corrected chi connectivity index (χ3v) is 3.13. The smallest absolute Gasteiger partial charge is 0.0721 e. The molecule has 1 aromatic carbocycles. The van der Waals surface area contributed by atoms with Crippen LogP contribution in [0, 0.1) is 3.57 Å². The van der Waals surface area contributed by atoms with Crippen LogP contribution < -0.4 is 5.32 Å². The summed E-state index contributed by atoms with van der Waals surface area (Å²) in [5.41, 5.74) is 1.26. The van der Waals surface area contributed by atoms with E-state index in [0.717, 1.165) is 26.1 Å². The van der Waals surface area contributed by atoms with Crippen LogP contribution >= 0.6 is 22.6 Å². The van der Waals surface area contributed by atoms with Crippen LogP contribution in [0.5, 0.6) is 0 Å². The van der Waals surface area contributed by atoms with Gasteiger partial charge in [-0.2, -0.15) is 0 Å². The van der Waals surface area contributed by atoms with Gasteiger partial charge in [0.1, 0.15) is 0 Å². The van der Waals surface area contributed by atoms with Gasteiger partial charge in [0.2, 0.25) is 0 Å². The van der Waals surface area contributed by atoms with Crippen molar-refractivity contribution in [2.75, 3.05) is 13.1 Å². The fourth-order valence-corrected chi connectivity index (χ4v) is 1.92. The summed E-state index contributed by atoms with van der Waals surface area (Å²) in [6.07, 6.45) is 1.55. The van der Waals surface area contributed by atoms with Gasteiger partial charge >= 0.3 is 0 Å². The van der Waals surface area contributed by atoms with Crippen LogP contribution in [-0.4, -0.2) is 19.2 Å². The van der Waals surface area contributed by atoms with Gasteiger partial charge in [-0.1, -0.05) is 12.1 Å². The zero-order valence-electron chi connectivity index (χ0n) is 8.00. The summed E-state index contributed by atoms with van der Waals surface area (Å²) in [5, 5.41) is 3.29. The van der Waals surface area contributed by atoms with Crippen molar-refractivity contribution in [1.82, 2.24) is 5.32 Å². The molecule has 2 rings (SSSR count). The first-order valence-corrected chi connectivity index (χ1v) is 5.99. The van der Waals surface area contributed by atoms with Crippen molar-refractivity contribution in [3.63, 3.8) is 0 Å². The van der Waals surface area contributed by atoms with Gasteiger partial charge in [0.05, 0.1) is 12.7 Å². The average Bonchev–Trinajstić information content (AvgIpc) is 2.70. The first-order chi connectivity index (χ1) is 6.84. The number of halogens is 1. The topological polar surface area (TPSA) is 21.3 Å². The molecule has 0 amide bonds. The highest BCUT2D eigenvalue weighted by molar-refractivity contribution is 14.1. The third kappa shape index (κ3) is 2.93. The van der Waals surface area contributed by atoms with E-state index in [0.29, 0.717) is 6.10 Å². The molecule has 0 radical (unpaired) electrons. The van der Waals surface area contributed by atoms with Crippen LogP contribution in [0.2, 0.25) is 0 Å². The first-order valence-electron chi connectivity index (χ1n) is 4.91. The maximum atomic E-state index is 5.76. The van der Waals surface area contributed by atoms with E-state index in [2.05, 4.69) is 52.2 Å². The van der Waals surface area contributed by atoms with Crippen molar-refractivity contribution in [2.45, 2.75) is 19.1 Å². The quantitative estimate of drug-likeness (QED) is 0.864. The molecule has 0 spiro atoms. The molecule has 0 saturated carbocycles. The molecule has 0 aliphatic carbocycles. The van der Waals surface area contributed by atoms with Crippen LogP contribution in [-0.2, 0) is 11.3 Å². The molecule has 1 atom stereocenters.